The summed E-state index contributed by atoms with van der Waals surface area (Å²) in [5, 5.41) is 0.873. The van der Waals surface area contributed by atoms with Gasteiger partial charge in [0.25, 0.3) is 0 Å². The van der Waals surface area contributed by atoms with Crippen molar-refractivity contribution in [2.75, 3.05) is 18.1 Å². The summed E-state index contributed by atoms with van der Waals surface area (Å²) in [7, 11) is -3.08. The van der Waals surface area contributed by atoms with Crippen LogP contribution in [0.5, 0.6) is 0 Å². The number of sulfonamides is 1. The monoisotopic (exact) mass is 324 g/mol. The van der Waals surface area contributed by atoms with Crippen molar-refractivity contribution in [3.05, 3.63) is 22.8 Å². The maximum Gasteiger partial charge on any atom is 0.211 e. The molecule has 16 heavy (non-hydrogen) atoms. The Hall–Kier alpha value is -0.110. The van der Waals surface area contributed by atoms with E-state index in [9.17, 15) is 8.42 Å². The molecule has 0 fully saturated rings. The Morgan fingerprint density at radius 1 is 1.56 bits per heavy atom. The molecule has 1 heterocycles. The van der Waals surface area contributed by atoms with Gasteiger partial charge in [0.05, 0.1) is 5.75 Å². The van der Waals surface area contributed by atoms with Gasteiger partial charge in [-0.25, -0.2) is 18.1 Å². The van der Waals surface area contributed by atoms with E-state index in [0.717, 1.165) is 9.50 Å². The number of hydrogen-bond acceptors (Lipinski definition) is 4. The summed E-state index contributed by atoms with van der Waals surface area (Å²) in [5.41, 5.74) is 0. The van der Waals surface area contributed by atoms with E-state index >= 15 is 0 Å². The largest absolute Gasteiger partial charge is 0.249 e. The molecule has 0 unspecified atom stereocenters. The summed E-state index contributed by atoms with van der Waals surface area (Å²) in [6, 6.07) is 3.75. The minimum Gasteiger partial charge on any atom is -0.249 e. The van der Waals surface area contributed by atoms with Crippen molar-refractivity contribution in [2.45, 2.75) is 11.9 Å². The Kier molecular flexibility index (Phi) is 5.74. The maximum atomic E-state index is 11.1. The van der Waals surface area contributed by atoms with Crippen LogP contribution in [0.15, 0.2) is 27.8 Å². The number of aromatic nitrogens is 1. The van der Waals surface area contributed by atoms with Gasteiger partial charge in [0.1, 0.15) is 5.03 Å². The molecule has 0 atom stereocenters. The van der Waals surface area contributed by atoms with Crippen LogP contribution in [0.25, 0.3) is 0 Å². The van der Waals surface area contributed by atoms with Gasteiger partial charge in [-0.3, -0.25) is 0 Å². The number of nitrogens with one attached hydrogen (secondary N) is 1. The maximum absolute atomic E-state index is 11.1. The molecule has 0 amide bonds. The fraction of sp³-hybridized carbons (Fsp3) is 0.444. The van der Waals surface area contributed by atoms with Gasteiger partial charge in [-0.1, -0.05) is 0 Å². The molecule has 1 aromatic heterocycles. The molecule has 0 aliphatic carbocycles. The molecule has 0 spiro atoms. The lowest BCUT2D eigenvalue weighted by atomic mass is 10.5. The Morgan fingerprint density at radius 3 is 2.94 bits per heavy atom. The number of pyridine rings is 1. The van der Waals surface area contributed by atoms with E-state index in [0.29, 0.717) is 12.3 Å². The van der Waals surface area contributed by atoms with Gasteiger partial charge in [-0.05, 0) is 35.0 Å². The lowest BCUT2D eigenvalue weighted by Gasteiger charge is -2.04. The molecule has 0 saturated heterocycles. The number of rotatable bonds is 6. The van der Waals surface area contributed by atoms with Crippen molar-refractivity contribution in [1.82, 2.24) is 9.71 Å². The highest BCUT2D eigenvalue weighted by molar-refractivity contribution is 9.10. The molecule has 0 radical (unpaired) electrons. The van der Waals surface area contributed by atoms with Crippen LogP contribution >= 0.6 is 27.7 Å². The van der Waals surface area contributed by atoms with E-state index in [4.69, 9.17) is 0 Å². The number of halogens is 1. The smallest absolute Gasteiger partial charge is 0.211 e. The quantitative estimate of drug-likeness (QED) is 0.641. The average Bonchev–Trinajstić information content (AvgIpc) is 2.27. The molecular weight excluding hydrogens is 312 g/mol. The summed E-state index contributed by atoms with van der Waals surface area (Å²) in [5.74, 6) is 0.778. The van der Waals surface area contributed by atoms with E-state index in [-0.39, 0.29) is 5.75 Å². The zero-order chi connectivity index (χ0) is 12.0. The summed E-state index contributed by atoms with van der Waals surface area (Å²) in [6.07, 6.45) is 1.71. The standard InChI is InChI=1S/C9H13BrN2O2S2/c1-2-16(13,14)12-6-7-15-9-8(10)4-3-5-11-9/h3-5,12H,2,6-7H2,1H3. The first kappa shape index (κ1) is 14.0. The molecule has 0 aliphatic rings. The Morgan fingerprint density at radius 2 is 2.31 bits per heavy atom. The third-order valence-electron chi connectivity index (χ3n) is 1.77. The van der Waals surface area contributed by atoms with Crippen molar-refractivity contribution < 1.29 is 8.42 Å². The molecule has 0 aliphatic heterocycles. The minimum absolute atomic E-state index is 0.116. The van der Waals surface area contributed by atoms with Crippen LogP contribution in [0.2, 0.25) is 0 Å². The summed E-state index contributed by atoms with van der Waals surface area (Å²) in [6.45, 7) is 2.04. The molecule has 1 N–H and O–H groups in total. The zero-order valence-corrected chi connectivity index (χ0v) is 12.0. The second-order valence-electron chi connectivity index (χ2n) is 2.94. The van der Waals surface area contributed by atoms with Crippen molar-refractivity contribution in [3.63, 3.8) is 0 Å². The van der Waals surface area contributed by atoms with E-state index in [1.165, 1.54) is 11.8 Å². The number of nitrogens with zero attached hydrogens (tertiary/aromatic N) is 1. The highest BCUT2D eigenvalue weighted by atomic mass is 79.9. The van der Waals surface area contributed by atoms with Gasteiger partial charge >= 0.3 is 0 Å². The third-order valence-corrected chi connectivity index (χ3v) is 5.08. The second kappa shape index (κ2) is 6.58. The van der Waals surface area contributed by atoms with Crippen LogP contribution in [-0.4, -0.2) is 31.5 Å². The molecule has 1 aromatic rings. The lowest BCUT2D eigenvalue weighted by molar-refractivity contribution is 0.585. The van der Waals surface area contributed by atoms with Crippen LogP contribution < -0.4 is 4.72 Å². The minimum atomic E-state index is -3.08. The summed E-state index contributed by atoms with van der Waals surface area (Å²) < 4.78 is 25.7. The van der Waals surface area contributed by atoms with Crippen molar-refractivity contribution in [2.24, 2.45) is 0 Å². The normalized spacial score (nSPS) is 11.6. The van der Waals surface area contributed by atoms with E-state index in [2.05, 4.69) is 25.6 Å². The van der Waals surface area contributed by atoms with Crippen LogP contribution in [0, 0.1) is 0 Å². The second-order valence-corrected chi connectivity index (χ2v) is 6.97. The third kappa shape index (κ3) is 4.82. The van der Waals surface area contributed by atoms with Gasteiger partial charge in [-0.15, -0.1) is 11.8 Å². The van der Waals surface area contributed by atoms with Gasteiger partial charge in [0.15, 0.2) is 0 Å². The Labute approximate surface area is 108 Å². The predicted octanol–water partition coefficient (Wildman–Crippen LogP) is 1.88. The summed E-state index contributed by atoms with van der Waals surface area (Å²) in [4.78, 5) is 4.17. The van der Waals surface area contributed by atoms with Crippen molar-refractivity contribution >= 4 is 37.7 Å². The Bertz CT molecular complexity index is 437. The highest BCUT2D eigenvalue weighted by Gasteiger charge is 2.05. The van der Waals surface area contributed by atoms with E-state index in [1.807, 2.05) is 12.1 Å². The number of hydrogen-bond donors (Lipinski definition) is 1. The van der Waals surface area contributed by atoms with Crippen LogP contribution in [0.1, 0.15) is 6.92 Å². The molecule has 0 bridgehead atoms. The van der Waals surface area contributed by atoms with Gasteiger partial charge < -0.3 is 0 Å². The van der Waals surface area contributed by atoms with Gasteiger partial charge in [-0.2, -0.15) is 0 Å². The van der Waals surface area contributed by atoms with E-state index in [1.54, 1.807) is 13.1 Å². The van der Waals surface area contributed by atoms with Crippen LogP contribution in [0.3, 0.4) is 0 Å². The Balaban J connectivity index is 2.35. The van der Waals surface area contributed by atoms with Crippen LogP contribution in [0.4, 0.5) is 0 Å². The molecule has 7 heteroatoms. The molecule has 0 saturated carbocycles. The molecule has 0 aromatic carbocycles. The van der Waals surface area contributed by atoms with Crippen molar-refractivity contribution in [3.8, 4) is 0 Å². The van der Waals surface area contributed by atoms with Gasteiger partial charge in [0, 0.05) is 23.0 Å². The lowest BCUT2D eigenvalue weighted by Crippen LogP contribution is -2.27. The topological polar surface area (TPSA) is 59.1 Å². The fourth-order valence-corrected chi connectivity index (χ4v) is 3.01. The highest BCUT2D eigenvalue weighted by Crippen LogP contribution is 2.23. The van der Waals surface area contributed by atoms with Gasteiger partial charge in [0.2, 0.25) is 10.0 Å². The summed E-state index contributed by atoms with van der Waals surface area (Å²) >= 11 is 4.89. The molecule has 90 valence electrons. The fourth-order valence-electron chi connectivity index (χ4n) is 0.924. The number of thioether (sulfide) groups is 1. The first-order chi connectivity index (χ1) is 7.55. The SMILES string of the molecule is CCS(=O)(=O)NCCSc1ncccc1Br. The predicted molar refractivity (Wildman–Crippen MR) is 70.1 cm³/mol. The zero-order valence-electron chi connectivity index (χ0n) is 8.81. The molecule has 1 rings (SSSR count). The molecular formula is C9H13BrN2O2S2. The van der Waals surface area contributed by atoms with Crippen molar-refractivity contribution in [1.29, 1.82) is 0 Å². The van der Waals surface area contributed by atoms with Crippen LogP contribution in [-0.2, 0) is 10.0 Å². The molecule has 4 nitrogen and oxygen atoms in total. The first-order valence-corrected chi connectivity index (χ1v) is 8.19. The average molecular weight is 325 g/mol. The first-order valence-electron chi connectivity index (χ1n) is 4.76. The van der Waals surface area contributed by atoms with E-state index < -0.39 is 10.0 Å².